The Labute approximate surface area is 108 Å². The third-order valence-electron chi connectivity index (χ3n) is 2.49. The zero-order chi connectivity index (χ0) is 13.6. The van der Waals surface area contributed by atoms with Gasteiger partial charge in [-0.1, -0.05) is 6.07 Å². The van der Waals surface area contributed by atoms with Crippen molar-refractivity contribution in [1.29, 1.82) is 0 Å². The predicted molar refractivity (Wildman–Crippen MR) is 70.1 cm³/mol. The van der Waals surface area contributed by atoms with E-state index in [2.05, 4.69) is 10.3 Å². The molecule has 1 rings (SSSR count). The van der Waals surface area contributed by atoms with Crippen LogP contribution < -0.4 is 15.8 Å². The van der Waals surface area contributed by atoms with Crippen molar-refractivity contribution in [2.45, 2.75) is 38.8 Å². The number of ether oxygens (including phenoxy) is 1. The Morgan fingerprint density at radius 1 is 1.50 bits per heavy atom. The first kappa shape index (κ1) is 14.4. The van der Waals surface area contributed by atoms with E-state index in [0.717, 1.165) is 5.56 Å². The molecule has 0 radical (unpaired) electrons. The van der Waals surface area contributed by atoms with Gasteiger partial charge in [0.15, 0.2) is 0 Å². The van der Waals surface area contributed by atoms with Gasteiger partial charge in [0.1, 0.15) is 0 Å². The summed E-state index contributed by atoms with van der Waals surface area (Å²) in [6.07, 6.45) is 2.79. The van der Waals surface area contributed by atoms with Crippen molar-refractivity contribution in [3.05, 3.63) is 23.9 Å². The lowest BCUT2D eigenvalue weighted by molar-refractivity contribution is -0.121. The molecule has 0 aliphatic carbocycles. The fraction of sp³-hybridized carbons (Fsp3) is 0.538. The molecule has 1 aromatic heterocycles. The second-order valence-electron chi connectivity index (χ2n) is 4.97. The summed E-state index contributed by atoms with van der Waals surface area (Å²) in [5.74, 6) is 0.569. The van der Waals surface area contributed by atoms with E-state index < -0.39 is 0 Å². The molecular formula is C13H21N3O2. The van der Waals surface area contributed by atoms with Crippen LogP contribution in [0.5, 0.6) is 5.88 Å². The minimum atomic E-state index is -0.307. The van der Waals surface area contributed by atoms with Crippen LogP contribution in [0.4, 0.5) is 0 Å². The number of hydrogen-bond donors (Lipinski definition) is 2. The number of rotatable bonds is 6. The molecule has 0 spiro atoms. The Hall–Kier alpha value is -1.62. The average molecular weight is 251 g/mol. The highest BCUT2D eigenvalue weighted by molar-refractivity contribution is 5.75. The zero-order valence-electron chi connectivity index (χ0n) is 11.2. The standard InChI is InChI=1S/C13H21N3O2/c1-13(2,14)7-6-11(17)15-8-10-4-5-12(18-3)16-9-10/h4-5,9H,6-8,14H2,1-3H3,(H,15,17). The molecule has 1 amide bonds. The Kier molecular flexibility index (Phi) is 5.09. The molecular weight excluding hydrogens is 230 g/mol. The maximum atomic E-state index is 11.6. The number of aromatic nitrogens is 1. The van der Waals surface area contributed by atoms with Gasteiger partial charge in [-0.05, 0) is 25.8 Å². The van der Waals surface area contributed by atoms with Crippen LogP contribution in [0.3, 0.4) is 0 Å². The van der Waals surface area contributed by atoms with Crippen molar-refractivity contribution < 1.29 is 9.53 Å². The molecule has 0 saturated carbocycles. The van der Waals surface area contributed by atoms with Crippen molar-refractivity contribution in [3.63, 3.8) is 0 Å². The van der Waals surface area contributed by atoms with Crippen LogP contribution in [-0.2, 0) is 11.3 Å². The summed E-state index contributed by atoms with van der Waals surface area (Å²) >= 11 is 0. The fourth-order valence-electron chi connectivity index (χ4n) is 1.36. The molecule has 0 fully saturated rings. The highest BCUT2D eigenvalue weighted by Crippen LogP contribution is 2.08. The molecule has 3 N–H and O–H groups in total. The zero-order valence-corrected chi connectivity index (χ0v) is 11.2. The highest BCUT2D eigenvalue weighted by Gasteiger charge is 2.12. The lowest BCUT2D eigenvalue weighted by Gasteiger charge is -2.17. The van der Waals surface area contributed by atoms with Crippen molar-refractivity contribution in [2.24, 2.45) is 5.73 Å². The first-order valence-corrected chi connectivity index (χ1v) is 5.95. The molecule has 0 bridgehead atoms. The number of pyridine rings is 1. The van der Waals surface area contributed by atoms with Gasteiger partial charge in [-0.3, -0.25) is 4.79 Å². The second kappa shape index (κ2) is 6.35. The minimum absolute atomic E-state index is 0.00402. The van der Waals surface area contributed by atoms with Crippen molar-refractivity contribution in [1.82, 2.24) is 10.3 Å². The number of methoxy groups -OCH3 is 1. The topological polar surface area (TPSA) is 77.2 Å². The first-order valence-electron chi connectivity index (χ1n) is 5.95. The Balaban J connectivity index is 2.33. The second-order valence-corrected chi connectivity index (χ2v) is 4.97. The normalized spacial score (nSPS) is 11.1. The van der Waals surface area contributed by atoms with Crippen LogP contribution >= 0.6 is 0 Å². The number of nitrogens with one attached hydrogen (secondary N) is 1. The molecule has 0 atom stereocenters. The van der Waals surface area contributed by atoms with E-state index in [1.54, 1.807) is 19.4 Å². The van der Waals surface area contributed by atoms with Crippen LogP contribution in [0.1, 0.15) is 32.3 Å². The van der Waals surface area contributed by atoms with Crippen LogP contribution in [-0.4, -0.2) is 23.5 Å². The maximum absolute atomic E-state index is 11.6. The van der Waals surface area contributed by atoms with Gasteiger partial charge in [0, 0.05) is 30.8 Å². The highest BCUT2D eigenvalue weighted by atomic mass is 16.5. The van der Waals surface area contributed by atoms with E-state index in [-0.39, 0.29) is 11.4 Å². The molecule has 0 aliphatic rings. The Morgan fingerprint density at radius 2 is 2.22 bits per heavy atom. The number of nitrogens with two attached hydrogens (primary N) is 1. The third-order valence-corrected chi connectivity index (χ3v) is 2.49. The number of hydrogen-bond acceptors (Lipinski definition) is 4. The van der Waals surface area contributed by atoms with E-state index in [0.29, 0.717) is 25.3 Å². The smallest absolute Gasteiger partial charge is 0.220 e. The SMILES string of the molecule is COc1ccc(CNC(=O)CCC(C)(C)N)cn1. The summed E-state index contributed by atoms with van der Waals surface area (Å²) in [5, 5.41) is 2.83. The lowest BCUT2D eigenvalue weighted by atomic mass is 10.00. The molecule has 0 saturated heterocycles. The van der Waals surface area contributed by atoms with Gasteiger partial charge < -0.3 is 15.8 Å². The van der Waals surface area contributed by atoms with Gasteiger partial charge in [0.05, 0.1) is 7.11 Å². The Bertz CT molecular complexity index is 382. The number of amides is 1. The maximum Gasteiger partial charge on any atom is 0.220 e. The van der Waals surface area contributed by atoms with Gasteiger partial charge in [-0.15, -0.1) is 0 Å². The molecule has 5 heteroatoms. The summed E-state index contributed by atoms with van der Waals surface area (Å²) in [5.41, 5.74) is 6.45. The quantitative estimate of drug-likeness (QED) is 0.797. The van der Waals surface area contributed by atoms with Crippen LogP contribution in [0.2, 0.25) is 0 Å². The van der Waals surface area contributed by atoms with Crippen LogP contribution in [0, 0.1) is 0 Å². The summed E-state index contributed by atoms with van der Waals surface area (Å²) in [4.78, 5) is 15.6. The number of nitrogens with zero attached hydrogens (tertiary/aromatic N) is 1. The van der Waals surface area contributed by atoms with E-state index in [1.807, 2.05) is 19.9 Å². The molecule has 0 aromatic carbocycles. The van der Waals surface area contributed by atoms with E-state index in [4.69, 9.17) is 10.5 Å². The minimum Gasteiger partial charge on any atom is -0.481 e. The van der Waals surface area contributed by atoms with Gasteiger partial charge in [0.25, 0.3) is 0 Å². The molecule has 1 heterocycles. The first-order chi connectivity index (χ1) is 8.40. The van der Waals surface area contributed by atoms with Crippen molar-refractivity contribution in [3.8, 4) is 5.88 Å². The van der Waals surface area contributed by atoms with Gasteiger partial charge in [-0.2, -0.15) is 0 Å². The van der Waals surface area contributed by atoms with E-state index in [1.165, 1.54) is 0 Å². The lowest BCUT2D eigenvalue weighted by Crippen LogP contribution is -2.34. The van der Waals surface area contributed by atoms with Gasteiger partial charge in [0.2, 0.25) is 11.8 Å². The van der Waals surface area contributed by atoms with Crippen LogP contribution in [0.25, 0.3) is 0 Å². The largest absolute Gasteiger partial charge is 0.481 e. The molecule has 0 unspecified atom stereocenters. The number of carbonyl (C=O) groups is 1. The van der Waals surface area contributed by atoms with Crippen LogP contribution in [0.15, 0.2) is 18.3 Å². The monoisotopic (exact) mass is 251 g/mol. The summed E-state index contributed by atoms with van der Waals surface area (Å²) < 4.78 is 4.96. The summed E-state index contributed by atoms with van der Waals surface area (Å²) in [6, 6.07) is 3.64. The fourth-order valence-corrected chi connectivity index (χ4v) is 1.36. The molecule has 0 aliphatic heterocycles. The summed E-state index contributed by atoms with van der Waals surface area (Å²) in [6.45, 7) is 4.29. The van der Waals surface area contributed by atoms with Crippen molar-refractivity contribution in [2.75, 3.05) is 7.11 Å². The van der Waals surface area contributed by atoms with E-state index >= 15 is 0 Å². The van der Waals surface area contributed by atoms with Crippen molar-refractivity contribution >= 4 is 5.91 Å². The third kappa shape index (κ3) is 5.63. The van der Waals surface area contributed by atoms with E-state index in [9.17, 15) is 4.79 Å². The van der Waals surface area contributed by atoms with Gasteiger partial charge in [-0.25, -0.2) is 4.98 Å². The molecule has 1 aromatic rings. The average Bonchev–Trinajstić information content (AvgIpc) is 2.33. The number of carbonyl (C=O) groups excluding carboxylic acids is 1. The molecule has 5 nitrogen and oxygen atoms in total. The van der Waals surface area contributed by atoms with Gasteiger partial charge >= 0.3 is 0 Å². The Morgan fingerprint density at radius 3 is 2.72 bits per heavy atom. The molecule has 18 heavy (non-hydrogen) atoms. The predicted octanol–water partition coefficient (Wildman–Crippen LogP) is 1.22. The summed E-state index contributed by atoms with van der Waals surface area (Å²) in [7, 11) is 1.57. The molecule has 100 valence electrons.